The average molecular weight is 920 g/mol. The van der Waals surface area contributed by atoms with Crippen LogP contribution in [-0.2, 0) is 4.79 Å². The molecule has 60 heavy (non-hydrogen) atoms. The number of aryl methyl sites for hydroxylation is 4. The highest BCUT2D eigenvalue weighted by atomic mass is 79.9. The van der Waals surface area contributed by atoms with E-state index in [0.717, 1.165) is 39.1 Å². The van der Waals surface area contributed by atoms with Crippen molar-refractivity contribution >= 4 is 33.5 Å². The molecule has 0 fully saturated rings. The van der Waals surface area contributed by atoms with Crippen LogP contribution in [0.2, 0.25) is 5.02 Å². The summed E-state index contributed by atoms with van der Waals surface area (Å²) in [6.45, 7) is 8.58. The molecule has 0 unspecified atom stereocenters. The van der Waals surface area contributed by atoms with E-state index in [2.05, 4.69) is 35.4 Å². The molecule has 0 aliphatic rings. The number of nitrogens with zero attached hydrogens (tertiary/aromatic N) is 2. The SMILES string of the molecule is CC(=O)Oc1c(Cl)c(C)nc(C)c1-c1ccc(Oc2ccc(OC(F)(F)F)cc2)cc1.COc1c(Br)c(C)nc(C)c1-c1ccc(Oc2ccc(OC(F)(F)F)cc2)cc1. The zero-order valence-corrected chi connectivity index (χ0v) is 34.9. The van der Waals surface area contributed by atoms with Crippen molar-refractivity contribution < 1.29 is 59.6 Å². The predicted octanol–water partition coefficient (Wildman–Crippen LogP) is 13.5. The molecule has 0 aliphatic carbocycles. The van der Waals surface area contributed by atoms with Gasteiger partial charge in [0.2, 0.25) is 0 Å². The molecule has 2 heterocycles. The topological polar surface area (TPSA) is 98.2 Å². The van der Waals surface area contributed by atoms with Crippen LogP contribution in [-0.4, -0.2) is 35.8 Å². The number of carbonyl (C=O) groups is 1. The van der Waals surface area contributed by atoms with Crippen LogP contribution in [0.1, 0.15) is 29.7 Å². The molecule has 0 bridgehead atoms. The molecular weight excluding hydrogens is 886 g/mol. The van der Waals surface area contributed by atoms with Gasteiger partial charge in [-0.05, 0) is 128 Å². The Kier molecular flexibility index (Phi) is 14.2. The molecule has 9 nitrogen and oxygen atoms in total. The summed E-state index contributed by atoms with van der Waals surface area (Å²) in [5.74, 6) is 1.48. The fourth-order valence-electron chi connectivity index (χ4n) is 5.77. The monoisotopic (exact) mass is 918 g/mol. The van der Waals surface area contributed by atoms with Crippen molar-refractivity contribution in [3.63, 3.8) is 0 Å². The third-order valence-electron chi connectivity index (χ3n) is 8.20. The lowest BCUT2D eigenvalue weighted by Gasteiger charge is -2.15. The quantitative estimate of drug-likeness (QED) is 0.0982. The Morgan fingerprint density at radius 1 is 0.550 bits per heavy atom. The van der Waals surface area contributed by atoms with E-state index in [0.29, 0.717) is 51.3 Å². The van der Waals surface area contributed by atoms with Gasteiger partial charge in [-0.2, -0.15) is 0 Å². The van der Waals surface area contributed by atoms with Gasteiger partial charge in [-0.15, -0.1) is 26.3 Å². The molecule has 0 spiro atoms. The summed E-state index contributed by atoms with van der Waals surface area (Å²) in [4.78, 5) is 20.5. The maximum atomic E-state index is 12.2. The van der Waals surface area contributed by atoms with Crippen LogP contribution in [0, 0.1) is 27.7 Å². The lowest BCUT2D eigenvalue weighted by Crippen LogP contribution is -2.16. The second-order valence-corrected chi connectivity index (χ2v) is 13.9. The molecule has 17 heteroatoms. The van der Waals surface area contributed by atoms with E-state index in [1.165, 1.54) is 43.3 Å². The average Bonchev–Trinajstić information content (AvgIpc) is 3.16. The first kappa shape index (κ1) is 45.1. The third-order valence-corrected chi connectivity index (χ3v) is 9.58. The first-order valence-electron chi connectivity index (χ1n) is 17.5. The summed E-state index contributed by atoms with van der Waals surface area (Å²) < 4.78 is 104. The van der Waals surface area contributed by atoms with Gasteiger partial charge in [0.05, 0.1) is 23.0 Å². The smallest absolute Gasteiger partial charge is 0.495 e. The number of carbonyl (C=O) groups excluding carboxylic acids is 1. The van der Waals surface area contributed by atoms with Crippen LogP contribution in [0.4, 0.5) is 26.3 Å². The van der Waals surface area contributed by atoms with Gasteiger partial charge in [0.1, 0.15) is 45.3 Å². The molecule has 2 aromatic heterocycles. The number of hydrogen-bond acceptors (Lipinski definition) is 9. The van der Waals surface area contributed by atoms with Crippen LogP contribution in [0.15, 0.2) is 102 Å². The van der Waals surface area contributed by atoms with E-state index >= 15 is 0 Å². The third kappa shape index (κ3) is 12.0. The van der Waals surface area contributed by atoms with Crippen molar-refractivity contribution in [3.05, 3.63) is 129 Å². The molecule has 0 atom stereocenters. The van der Waals surface area contributed by atoms with Crippen molar-refractivity contribution in [1.82, 2.24) is 9.97 Å². The van der Waals surface area contributed by atoms with Crippen LogP contribution >= 0.6 is 27.5 Å². The van der Waals surface area contributed by atoms with E-state index in [1.54, 1.807) is 57.4 Å². The van der Waals surface area contributed by atoms with Crippen molar-refractivity contribution in [2.45, 2.75) is 47.3 Å². The minimum atomic E-state index is -4.75. The van der Waals surface area contributed by atoms with Crippen LogP contribution in [0.3, 0.4) is 0 Å². The largest absolute Gasteiger partial charge is 0.573 e. The van der Waals surface area contributed by atoms with Crippen molar-refractivity contribution in [1.29, 1.82) is 0 Å². The fourth-order valence-corrected chi connectivity index (χ4v) is 6.40. The van der Waals surface area contributed by atoms with Gasteiger partial charge in [0.25, 0.3) is 0 Å². The molecule has 0 saturated carbocycles. The summed E-state index contributed by atoms with van der Waals surface area (Å²) >= 11 is 9.82. The Hall–Kier alpha value is -6.00. The normalized spacial score (nSPS) is 11.2. The minimum Gasteiger partial charge on any atom is -0.495 e. The van der Waals surface area contributed by atoms with Gasteiger partial charge < -0.3 is 28.4 Å². The van der Waals surface area contributed by atoms with Gasteiger partial charge in [-0.1, -0.05) is 35.9 Å². The second kappa shape index (κ2) is 18.9. The molecule has 0 aliphatic heterocycles. The first-order valence-corrected chi connectivity index (χ1v) is 18.7. The Labute approximate surface area is 353 Å². The summed E-state index contributed by atoms with van der Waals surface area (Å²) in [6.07, 6.45) is -9.48. The van der Waals surface area contributed by atoms with Crippen molar-refractivity contribution in [2.75, 3.05) is 7.11 Å². The Morgan fingerprint density at radius 3 is 1.23 bits per heavy atom. The number of aromatic nitrogens is 2. The molecule has 6 aromatic rings. The van der Waals surface area contributed by atoms with Gasteiger partial charge in [-0.3, -0.25) is 14.8 Å². The van der Waals surface area contributed by atoms with Crippen LogP contribution in [0.5, 0.6) is 46.0 Å². The van der Waals surface area contributed by atoms with Crippen molar-refractivity contribution in [3.8, 4) is 68.2 Å². The molecule has 314 valence electrons. The van der Waals surface area contributed by atoms with Gasteiger partial charge >= 0.3 is 18.7 Å². The minimum absolute atomic E-state index is 0.230. The highest BCUT2D eigenvalue weighted by Crippen LogP contribution is 2.42. The summed E-state index contributed by atoms with van der Waals surface area (Å²) in [7, 11) is 1.60. The molecule has 0 N–H and O–H groups in total. The zero-order valence-electron chi connectivity index (χ0n) is 32.5. The fraction of sp³-hybridized carbons (Fsp3) is 0.186. The van der Waals surface area contributed by atoms with E-state index < -0.39 is 18.7 Å². The van der Waals surface area contributed by atoms with Gasteiger partial charge in [-0.25, -0.2) is 0 Å². The highest BCUT2D eigenvalue weighted by molar-refractivity contribution is 9.10. The standard InChI is InChI=1S/C22H17ClF3NO4.C21H17BrF3NO3/c1-12-19(21(29-14(3)28)20(23)13(2)27-12)15-4-6-16(7-5-15)30-17-8-10-18(11-9-17)31-22(24,25)26;1-12-18(20(27-3)19(22)13(2)26-12)14-4-6-15(7-5-14)28-16-8-10-17(11-9-16)29-21(23,24)25/h4-11H,1-3H3;4-11H,1-3H3. The maximum absolute atomic E-state index is 12.2. The molecule has 4 aromatic carbocycles. The van der Waals surface area contributed by atoms with Crippen molar-refractivity contribution in [2.24, 2.45) is 0 Å². The van der Waals surface area contributed by atoms with Crippen LogP contribution in [0.25, 0.3) is 22.3 Å². The highest BCUT2D eigenvalue weighted by Gasteiger charge is 2.32. The lowest BCUT2D eigenvalue weighted by atomic mass is 10.0. The Morgan fingerprint density at radius 2 is 0.883 bits per heavy atom. The maximum Gasteiger partial charge on any atom is 0.573 e. The van der Waals surface area contributed by atoms with Gasteiger partial charge in [0.15, 0.2) is 5.75 Å². The molecule has 0 radical (unpaired) electrons. The Bertz CT molecular complexity index is 2450. The number of hydrogen-bond donors (Lipinski definition) is 0. The lowest BCUT2D eigenvalue weighted by molar-refractivity contribution is -0.275. The molecular formula is C43H34BrClF6N2O7. The number of ether oxygens (including phenoxy) is 6. The van der Waals surface area contributed by atoms with E-state index in [9.17, 15) is 31.1 Å². The van der Waals surface area contributed by atoms with E-state index in [1.807, 2.05) is 26.0 Å². The second-order valence-electron chi connectivity index (χ2n) is 12.7. The van der Waals surface area contributed by atoms with Gasteiger partial charge in [0, 0.05) is 29.4 Å². The number of pyridine rings is 2. The number of halogens is 8. The number of methoxy groups -OCH3 is 1. The summed E-state index contributed by atoms with van der Waals surface area (Å²) in [6, 6.07) is 24.3. The summed E-state index contributed by atoms with van der Waals surface area (Å²) in [5, 5.41) is 0.247. The number of rotatable bonds is 10. The van der Waals surface area contributed by atoms with Crippen LogP contribution < -0.4 is 28.4 Å². The zero-order chi connectivity index (χ0) is 43.9. The predicted molar refractivity (Wildman–Crippen MR) is 215 cm³/mol. The Balaban J connectivity index is 0.000000228. The summed E-state index contributed by atoms with van der Waals surface area (Å²) in [5.41, 5.74) is 5.87. The van der Waals surface area contributed by atoms with E-state index in [4.69, 9.17) is 30.5 Å². The molecule has 0 saturated heterocycles. The number of alkyl halides is 6. The van der Waals surface area contributed by atoms with E-state index in [-0.39, 0.29) is 22.3 Å². The number of benzene rings is 4. The first-order chi connectivity index (χ1) is 28.2. The molecule has 0 amide bonds. The number of esters is 1. The molecule has 6 rings (SSSR count).